The summed E-state index contributed by atoms with van der Waals surface area (Å²) in [6.45, 7) is 7.55. The van der Waals surface area contributed by atoms with Crippen LogP contribution in [-0.4, -0.2) is 40.5 Å². The lowest BCUT2D eigenvalue weighted by molar-refractivity contribution is -0.670. The van der Waals surface area contributed by atoms with Gasteiger partial charge in [0.15, 0.2) is 0 Å². The summed E-state index contributed by atoms with van der Waals surface area (Å²) in [6, 6.07) is 8.07. The van der Waals surface area contributed by atoms with Gasteiger partial charge >= 0.3 is 11.3 Å². The fourth-order valence-corrected chi connectivity index (χ4v) is 3.79. The van der Waals surface area contributed by atoms with Crippen LogP contribution >= 0.6 is 0 Å². The van der Waals surface area contributed by atoms with E-state index >= 15 is 0 Å². The molecule has 1 aliphatic rings. The first-order valence-corrected chi connectivity index (χ1v) is 10.9. The number of aromatic hydroxyl groups is 1. The third kappa shape index (κ3) is 5.13. The first-order valence-electron chi connectivity index (χ1n) is 10.9. The Morgan fingerprint density at radius 3 is 2.12 bits per heavy atom. The molecule has 1 aliphatic heterocycles. The van der Waals surface area contributed by atoms with E-state index in [-0.39, 0.29) is 16.9 Å². The monoisotopic (exact) mass is 471 g/mol. The fourth-order valence-electron chi connectivity index (χ4n) is 3.79. The Balaban J connectivity index is 0.000000469. The highest BCUT2D eigenvalue weighted by Gasteiger charge is 2.29. The molecule has 0 amide bonds. The molecule has 4 rings (SSSR count). The van der Waals surface area contributed by atoms with Crippen LogP contribution in [0.25, 0.3) is 0 Å². The molecule has 1 aromatic carbocycles. The molecule has 0 aliphatic carbocycles. The fraction of sp³-hybridized carbons (Fsp3) is 0.375. The minimum absolute atomic E-state index is 0.185. The highest BCUT2D eigenvalue weighted by atomic mass is 16.5. The SMILES string of the molecule is C1COCC[NH2+]1.Cc1ccc(C(c2c(O)cc(C)oc2=O)c2c([O-])n(C)c(=O)n(C)c2=O)cc1. The maximum absolute atomic E-state index is 12.8. The van der Waals surface area contributed by atoms with Gasteiger partial charge in [0.2, 0.25) is 0 Å². The summed E-state index contributed by atoms with van der Waals surface area (Å²) in [7, 11) is 2.49. The number of hydrogen-bond acceptors (Lipinski definition) is 7. The van der Waals surface area contributed by atoms with Crippen LogP contribution in [-0.2, 0) is 18.8 Å². The lowest BCUT2D eigenvalue weighted by Crippen LogP contribution is -2.87. The first-order chi connectivity index (χ1) is 16.1. The van der Waals surface area contributed by atoms with Gasteiger partial charge in [0.1, 0.15) is 11.5 Å². The van der Waals surface area contributed by atoms with E-state index in [0.717, 1.165) is 41.0 Å². The van der Waals surface area contributed by atoms with E-state index in [1.807, 2.05) is 6.92 Å². The highest BCUT2D eigenvalue weighted by Crippen LogP contribution is 2.36. The molecule has 1 unspecified atom stereocenters. The van der Waals surface area contributed by atoms with Crippen LogP contribution in [0, 0.1) is 13.8 Å². The van der Waals surface area contributed by atoms with Gasteiger partial charge in [-0.1, -0.05) is 29.8 Å². The molecular formula is C24H29N3O7. The summed E-state index contributed by atoms with van der Waals surface area (Å²) in [5, 5.41) is 25.6. The molecule has 3 aromatic rings. The second-order valence-corrected chi connectivity index (χ2v) is 8.19. The number of rotatable bonds is 3. The molecule has 1 saturated heterocycles. The summed E-state index contributed by atoms with van der Waals surface area (Å²) in [4.78, 5) is 37.5. The number of nitrogens with zero attached hydrogens (tertiary/aromatic N) is 2. The van der Waals surface area contributed by atoms with Crippen LogP contribution in [0.1, 0.15) is 33.9 Å². The van der Waals surface area contributed by atoms with Crippen molar-refractivity contribution in [2.24, 2.45) is 14.1 Å². The molecule has 1 fully saturated rings. The van der Waals surface area contributed by atoms with E-state index < -0.39 is 34.4 Å². The molecule has 0 radical (unpaired) electrons. The number of quaternary nitrogens is 1. The zero-order valence-corrected chi connectivity index (χ0v) is 19.7. The predicted octanol–water partition coefficient (Wildman–Crippen LogP) is -0.807. The summed E-state index contributed by atoms with van der Waals surface area (Å²) in [5.74, 6) is -2.24. The lowest BCUT2D eigenvalue weighted by atomic mass is 9.86. The van der Waals surface area contributed by atoms with Gasteiger partial charge in [0, 0.05) is 25.7 Å². The van der Waals surface area contributed by atoms with E-state index in [9.17, 15) is 24.6 Å². The zero-order chi connectivity index (χ0) is 25.0. The average molecular weight is 472 g/mol. The van der Waals surface area contributed by atoms with Crippen molar-refractivity contribution in [2.75, 3.05) is 26.3 Å². The molecule has 2 aromatic heterocycles. The number of hydrogen-bond donors (Lipinski definition) is 2. The van der Waals surface area contributed by atoms with Crippen molar-refractivity contribution in [3.8, 4) is 11.6 Å². The molecule has 1 atom stereocenters. The van der Waals surface area contributed by atoms with Gasteiger partial charge in [-0.3, -0.25) is 9.36 Å². The summed E-state index contributed by atoms with van der Waals surface area (Å²) in [5.41, 5.74) is -1.66. The van der Waals surface area contributed by atoms with Crippen LogP contribution in [0.5, 0.6) is 11.6 Å². The number of benzene rings is 1. The minimum atomic E-state index is -1.20. The Morgan fingerprint density at radius 1 is 1.00 bits per heavy atom. The molecule has 0 bridgehead atoms. The van der Waals surface area contributed by atoms with Gasteiger partial charge in [-0.05, 0) is 25.3 Å². The third-order valence-electron chi connectivity index (χ3n) is 5.65. The summed E-state index contributed by atoms with van der Waals surface area (Å²) >= 11 is 0. The minimum Gasteiger partial charge on any atom is -0.860 e. The molecular weight excluding hydrogens is 442 g/mol. The van der Waals surface area contributed by atoms with Crippen molar-refractivity contribution in [2.45, 2.75) is 19.8 Å². The third-order valence-corrected chi connectivity index (χ3v) is 5.65. The maximum Gasteiger partial charge on any atom is 0.343 e. The van der Waals surface area contributed by atoms with Crippen LogP contribution in [0.15, 0.2) is 49.1 Å². The lowest BCUT2D eigenvalue weighted by Gasteiger charge is -2.25. The van der Waals surface area contributed by atoms with Crippen molar-refractivity contribution < 1.29 is 24.7 Å². The summed E-state index contributed by atoms with van der Waals surface area (Å²) in [6.07, 6.45) is 0. The molecule has 0 saturated carbocycles. The van der Waals surface area contributed by atoms with Crippen LogP contribution in [0.4, 0.5) is 0 Å². The van der Waals surface area contributed by atoms with E-state index in [1.54, 1.807) is 24.3 Å². The van der Waals surface area contributed by atoms with Crippen LogP contribution in [0.3, 0.4) is 0 Å². The van der Waals surface area contributed by atoms with Gasteiger partial charge in [-0.25, -0.2) is 9.59 Å². The van der Waals surface area contributed by atoms with E-state index in [4.69, 9.17) is 9.15 Å². The second kappa shape index (κ2) is 10.5. The molecule has 34 heavy (non-hydrogen) atoms. The van der Waals surface area contributed by atoms with Gasteiger partial charge in [0.05, 0.1) is 37.8 Å². The van der Waals surface area contributed by atoms with Crippen LogP contribution < -0.4 is 27.3 Å². The number of morpholine rings is 1. The predicted molar refractivity (Wildman–Crippen MR) is 122 cm³/mol. The van der Waals surface area contributed by atoms with Gasteiger partial charge in [-0.15, -0.1) is 0 Å². The van der Waals surface area contributed by atoms with Gasteiger partial charge in [0.25, 0.3) is 5.56 Å². The molecule has 3 N–H and O–H groups in total. The topological polar surface area (TPSA) is 143 Å². The Morgan fingerprint density at radius 2 is 1.62 bits per heavy atom. The van der Waals surface area contributed by atoms with Gasteiger partial charge in [-0.2, -0.15) is 0 Å². The van der Waals surface area contributed by atoms with Crippen molar-refractivity contribution in [1.82, 2.24) is 9.13 Å². The van der Waals surface area contributed by atoms with Crippen molar-refractivity contribution >= 4 is 0 Å². The Kier molecular flexibility index (Phi) is 7.75. The van der Waals surface area contributed by atoms with Crippen molar-refractivity contribution in [3.05, 3.63) is 89.6 Å². The average Bonchev–Trinajstić information content (AvgIpc) is 2.82. The maximum atomic E-state index is 12.8. The molecule has 182 valence electrons. The van der Waals surface area contributed by atoms with Crippen molar-refractivity contribution in [3.63, 3.8) is 0 Å². The molecule has 10 heteroatoms. The normalized spacial score (nSPS) is 14.2. The Labute approximate surface area is 195 Å². The van der Waals surface area contributed by atoms with Crippen molar-refractivity contribution in [1.29, 1.82) is 0 Å². The largest absolute Gasteiger partial charge is 0.860 e. The molecule has 0 spiro atoms. The second-order valence-electron chi connectivity index (χ2n) is 8.19. The van der Waals surface area contributed by atoms with E-state index in [0.29, 0.717) is 5.56 Å². The van der Waals surface area contributed by atoms with E-state index in [2.05, 4.69) is 5.32 Å². The highest BCUT2D eigenvalue weighted by molar-refractivity contribution is 5.49. The van der Waals surface area contributed by atoms with Crippen LogP contribution in [0.2, 0.25) is 0 Å². The zero-order valence-electron chi connectivity index (χ0n) is 19.7. The Bertz CT molecular complexity index is 1320. The first kappa shape index (κ1) is 25.0. The quantitative estimate of drug-likeness (QED) is 0.509. The number of nitrogens with two attached hydrogens (primary N) is 1. The molecule has 3 heterocycles. The summed E-state index contributed by atoms with van der Waals surface area (Å²) < 4.78 is 11.7. The standard InChI is InChI=1S/C20H20N2O6.C4H9NO/c1-10-5-7-12(8-6-10)14(15-13(23)9-11(2)28-19(15)26)16-17(24)21(3)20(27)22(4)18(16)25;1-3-6-4-2-5-1/h5-9,14,23-24H,1-4H3;5H,1-4H2. The number of ether oxygens (including phenoxy) is 1. The van der Waals surface area contributed by atoms with Gasteiger partial charge < -0.3 is 29.3 Å². The number of aryl methyl sites for hydroxylation is 2. The smallest absolute Gasteiger partial charge is 0.343 e. The van der Waals surface area contributed by atoms with E-state index in [1.165, 1.54) is 27.1 Å². The molecule has 10 nitrogen and oxygen atoms in total. The number of aromatic nitrogens is 2. The Hall–Kier alpha value is -3.63.